The van der Waals surface area contributed by atoms with E-state index in [0.717, 1.165) is 5.56 Å². The van der Waals surface area contributed by atoms with Crippen molar-refractivity contribution < 1.29 is 14.7 Å². The first-order valence-electron chi connectivity index (χ1n) is 8.32. The van der Waals surface area contributed by atoms with Gasteiger partial charge in [0, 0.05) is 23.8 Å². The molecule has 2 rings (SSSR count). The van der Waals surface area contributed by atoms with Crippen LogP contribution < -0.4 is 5.32 Å². The van der Waals surface area contributed by atoms with Crippen molar-refractivity contribution in [2.75, 3.05) is 6.54 Å². The quantitative estimate of drug-likeness (QED) is 0.825. The summed E-state index contributed by atoms with van der Waals surface area (Å²) in [5.41, 5.74) is 0.145. The molecule has 0 radical (unpaired) electrons. The Labute approximate surface area is 145 Å². The van der Waals surface area contributed by atoms with Crippen LogP contribution in [-0.2, 0) is 15.1 Å². The minimum atomic E-state index is -0.409. The van der Waals surface area contributed by atoms with Crippen molar-refractivity contribution in [2.24, 2.45) is 5.41 Å². The van der Waals surface area contributed by atoms with Crippen molar-refractivity contribution >= 4 is 11.6 Å². The molecule has 2 N–H and O–H groups in total. The fourth-order valence-corrected chi connectivity index (χ4v) is 2.84. The molecule has 24 heavy (non-hydrogen) atoms. The second-order valence-corrected chi connectivity index (χ2v) is 7.20. The summed E-state index contributed by atoms with van der Waals surface area (Å²) in [5.74, 6) is 0.612. The number of phenols is 1. The first-order valence-corrected chi connectivity index (χ1v) is 8.32. The molecule has 0 aliphatic heterocycles. The molecule has 0 spiro atoms. The summed E-state index contributed by atoms with van der Waals surface area (Å²) in [5, 5.41) is 13.1. The van der Waals surface area contributed by atoms with Crippen LogP contribution in [0.15, 0.2) is 37.4 Å². The molecule has 1 fully saturated rings. The first kappa shape index (κ1) is 20.1. The van der Waals surface area contributed by atoms with Gasteiger partial charge in [0.25, 0.3) is 0 Å². The molecular weight excluding hydrogens is 302 g/mol. The molecule has 0 aromatic heterocycles. The lowest BCUT2D eigenvalue weighted by Gasteiger charge is -2.39. The number of phenolic OH excluding ortho intramolecular Hbond substituents is 1. The third-order valence-electron chi connectivity index (χ3n) is 4.48. The number of ketones is 2. The van der Waals surface area contributed by atoms with Gasteiger partial charge in [0.05, 0.1) is 6.54 Å². The number of rotatable bonds is 4. The van der Waals surface area contributed by atoms with Crippen molar-refractivity contribution in [1.29, 1.82) is 0 Å². The van der Waals surface area contributed by atoms with Gasteiger partial charge >= 0.3 is 0 Å². The van der Waals surface area contributed by atoms with Crippen LogP contribution in [0.1, 0.15) is 52.0 Å². The molecular formula is C20H29NO3. The van der Waals surface area contributed by atoms with E-state index in [1.54, 1.807) is 18.2 Å². The highest BCUT2D eigenvalue weighted by atomic mass is 16.3. The number of benzene rings is 1. The normalized spacial score (nSPS) is 16.9. The van der Waals surface area contributed by atoms with E-state index in [1.165, 1.54) is 0 Å². The van der Waals surface area contributed by atoms with E-state index >= 15 is 0 Å². The van der Waals surface area contributed by atoms with E-state index in [0.29, 0.717) is 25.7 Å². The second kappa shape index (κ2) is 8.25. The van der Waals surface area contributed by atoms with E-state index in [9.17, 15) is 14.7 Å². The second-order valence-electron chi connectivity index (χ2n) is 7.20. The van der Waals surface area contributed by atoms with Crippen LogP contribution >= 0.6 is 0 Å². The van der Waals surface area contributed by atoms with Crippen LogP contribution in [0, 0.1) is 5.41 Å². The predicted molar refractivity (Wildman–Crippen MR) is 97.0 cm³/mol. The smallest absolute Gasteiger partial charge is 0.151 e. The minimum absolute atomic E-state index is 0.143. The van der Waals surface area contributed by atoms with E-state index < -0.39 is 11.0 Å². The van der Waals surface area contributed by atoms with Gasteiger partial charge in [-0.15, -0.1) is 13.2 Å². The highest BCUT2D eigenvalue weighted by Crippen LogP contribution is 2.37. The Morgan fingerprint density at radius 3 is 2.33 bits per heavy atom. The van der Waals surface area contributed by atoms with E-state index in [4.69, 9.17) is 0 Å². The molecule has 4 nitrogen and oxygen atoms in total. The summed E-state index contributed by atoms with van der Waals surface area (Å²) in [4.78, 5) is 23.8. The SMILES string of the molecule is C=C.CC(C)(C)C(=O)CNC1(c2cccc(O)c2)CCC(=O)CC1. The number of carbonyl (C=O) groups excluding carboxylic acids is 2. The highest BCUT2D eigenvalue weighted by Gasteiger charge is 2.37. The zero-order valence-electron chi connectivity index (χ0n) is 15.0. The maximum absolute atomic E-state index is 12.2. The van der Waals surface area contributed by atoms with Crippen LogP contribution in [0.5, 0.6) is 5.75 Å². The Morgan fingerprint density at radius 2 is 1.83 bits per heavy atom. The van der Waals surface area contributed by atoms with Gasteiger partial charge < -0.3 is 10.4 Å². The minimum Gasteiger partial charge on any atom is -0.508 e. The Balaban J connectivity index is 0.00000139. The monoisotopic (exact) mass is 331 g/mol. The van der Waals surface area contributed by atoms with Crippen molar-refractivity contribution in [1.82, 2.24) is 5.32 Å². The molecule has 0 unspecified atom stereocenters. The lowest BCUT2D eigenvalue weighted by molar-refractivity contribution is -0.126. The Bertz CT molecular complexity index is 577. The third-order valence-corrected chi connectivity index (χ3v) is 4.48. The zero-order chi connectivity index (χ0) is 18.4. The molecule has 1 aromatic rings. The van der Waals surface area contributed by atoms with Crippen LogP contribution in [-0.4, -0.2) is 23.2 Å². The van der Waals surface area contributed by atoms with Crippen molar-refractivity contribution in [3.8, 4) is 5.75 Å². The predicted octanol–water partition coefficient (Wildman–Crippen LogP) is 3.74. The fraction of sp³-hybridized carbons (Fsp3) is 0.500. The largest absolute Gasteiger partial charge is 0.508 e. The fourth-order valence-electron chi connectivity index (χ4n) is 2.84. The summed E-state index contributed by atoms with van der Waals surface area (Å²) in [7, 11) is 0. The summed E-state index contributed by atoms with van der Waals surface area (Å²) >= 11 is 0. The van der Waals surface area contributed by atoms with Gasteiger partial charge in [-0.1, -0.05) is 32.9 Å². The Morgan fingerprint density at radius 1 is 1.25 bits per heavy atom. The molecule has 0 heterocycles. The lowest BCUT2D eigenvalue weighted by atomic mass is 9.75. The average molecular weight is 331 g/mol. The number of carbonyl (C=O) groups is 2. The molecule has 0 saturated heterocycles. The standard InChI is InChI=1S/C18H25NO3.C2H4/c1-17(2,3)16(22)12-19-18(9-7-14(20)8-10-18)13-5-4-6-15(21)11-13;1-2/h4-6,11,19,21H,7-10,12H2,1-3H3;1-2H2. The summed E-state index contributed by atoms with van der Waals surface area (Å²) in [6.07, 6.45) is 2.33. The maximum atomic E-state index is 12.2. The number of hydrogen-bond donors (Lipinski definition) is 2. The molecule has 0 atom stereocenters. The number of nitrogens with one attached hydrogen (secondary N) is 1. The van der Waals surface area contributed by atoms with Crippen LogP contribution in [0.4, 0.5) is 0 Å². The molecule has 1 aliphatic carbocycles. The van der Waals surface area contributed by atoms with Gasteiger partial charge in [-0.25, -0.2) is 0 Å². The molecule has 4 heteroatoms. The first-order chi connectivity index (χ1) is 11.2. The van der Waals surface area contributed by atoms with E-state index in [-0.39, 0.29) is 23.9 Å². The van der Waals surface area contributed by atoms with Gasteiger partial charge in [0.2, 0.25) is 0 Å². The summed E-state index contributed by atoms with van der Waals surface area (Å²) in [6, 6.07) is 7.11. The van der Waals surface area contributed by atoms with Crippen LogP contribution in [0.2, 0.25) is 0 Å². The topological polar surface area (TPSA) is 66.4 Å². The van der Waals surface area contributed by atoms with Crippen molar-refractivity contribution in [2.45, 2.75) is 52.0 Å². The van der Waals surface area contributed by atoms with Crippen molar-refractivity contribution in [3.63, 3.8) is 0 Å². The summed E-state index contributed by atoms with van der Waals surface area (Å²) in [6.45, 7) is 12.0. The Kier molecular flexibility index (Phi) is 6.91. The average Bonchev–Trinajstić information content (AvgIpc) is 2.55. The van der Waals surface area contributed by atoms with Gasteiger partial charge in [-0.3, -0.25) is 9.59 Å². The molecule has 0 amide bonds. The Hall–Kier alpha value is -1.94. The molecule has 132 valence electrons. The molecule has 1 saturated carbocycles. The van der Waals surface area contributed by atoms with Gasteiger partial charge in [-0.2, -0.15) is 0 Å². The van der Waals surface area contributed by atoms with Crippen LogP contribution in [0.3, 0.4) is 0 Å². The lowest BCUT2D eigenvalue weighted by Crippen LogP contribution is -2.48. The molecule has 1 aliphatic rings. The zero-order valence-corrected chi connectivity index (χ0v) is 15.0. The van der Waals surface area contributed by atoms with E-state index in [2.05, 4.69) is 18.5 Å². The number of Topliss-reactive ketones (excluding diaryl/α,β-unsaturated/α-hetero) is 2. The third kappa shape index (κ3) is 5.03. The van der Waals surface area contributed by atoms with Gasteiger partial charge in [0.1, 0.15) is 11.5 Å². The maximum Gasteiger partial charge on any atom is 0.151 e. The number of hydrogen-bond acceptors (Lipinski definition) is 4. The molecule has 1 aromatic carbocycles. The van der Waals surface area contributed by atoms with Crippen molar-refractivity contribution in [3.05, 3.63) is 43.0 Å². The number of aromatic hydroxyl groups is 1. The molecule has 0 bridgehead atoms. The van der Waals surface area contributed by atoms with Gasteiger partial charge in [-0.05, 0) is 30.5 Å². The van der Waals surface area contributed by atoms with Gasteiger partial charge in [0.15, 0.2) is 5.78 Å². The van der Waals surface area contributed by atoms with Crippen LogP contribution in [0.25, 0.3) is 0 Å². The highest BCUT2D eigenvalue weighted by molar-refractivity contribution is 5.85. The summed E-state index contributed by atoms with van der Waals surface area (Å²) < 4.78 is 0. The van der Waals surface area contributed by atoms with E-state index in [1.807, 2.05) is 26.8 Å².